The van der Waals surface area contributed by atoms with Crippen molar-refractivity contribution >= 4 is 21.4 Å². The molecule has 4 nitrogen and oxygen atoms in total. The van der Waals surface area contributed by atoms with Gasteiger partial charge in [0.2, 0.25) is 0 Å². The van der Waals surface area contributed by atoms with E-state index in [-0.39, 0.29) is 5.75 Å². The largest absolute Gasteiger partial charge is 0.395 e. The molecule has 0 saturated heterocycles. The summed E-state index contributed by atoms with van der Waals surface area (Å²) in [6.45, 7) is 1.05. The second-order valence-corrected chi connectivity index (χ2v) is 6.69. The van der Waals surface area contributed by atoms with Crippen molar-refractivity contribution in [2.75, 3.05) is 12.4 Å². The fourth-order valence-electron chi connectivity index (χ4n) is 1.56. The zero-order valence-corrected chi connectivity index (χ0v) is 11.1. The second-order valence-electron chi connectivity index (χ2n) is 3.75. The third-order valence-electron chi connectivity index (χ3n) is 2.70. The van der Waals surface area contributed by atoms with Crippen LogP contribution in [0.3, 0.4) is 0 Å². The zero-order chi connectivity index (χ0) is 13.1. The summed E-state index contributed by atoms with van der Waals surface area (Å²) in [6.07, 6.45) is 0. The Kier molecular flexibility index (Phi) is 4.94. The Morgan fingerprint density at radius 2 is 1.88 bits per heavy atom. The monoisotopic (exact) mass is 277 g/mol. The van der Waals surface area contributed by atoms with Gasteiger partial charge in [0.25, 0.3) is 0 Å². The number of hydrogen-bond donors (Lipinski definition) is 2. The van der Waals surface area contributed by atoms with E-state index in [4.69, 9.17) is 17.3 Å². The summed E-state index contributed by atoms with van der Waals surface area (Å²) >= 11 is 5.74. The lowest BCUT2D eigenvalue weighted by molar-refractivity contribution is 0.277. The molecule has 1 rings (SSSR count). The molecular formula is C11H16ClNO3S. The first-order valence-corrected chi connectivity index (χ1v) is 7.35. The van der Waals surface area contributed by atoms with E-state index in [0.29, 0.717) is 10.6 Å². The predicted octanol–water partition coefficient (Wildman–Crippen LogP) is 1.14. The first-order chi connectivity index (χ1) is 7.92. The molecule has 0 heterocycles. The van der Waals surface area contributed by atoms with Crippen LogP contribution < -0.4 is 5.73 Å². The third kappa shape index (κ3) is 3.42. The molecule has 0 aliphatic heterocycles. The average Bonchev–Trinajstić information content (AvgIpc) is 2.30. The molecule has 2 unspecified atom stereocenters. The van der Waals surface area contributed by atoms with E-state index in [0.717, 1.165) is 0 Å². The van der Waals surface area contributed by atoms with E-state index in [1.54, 1.807) is 24.3 Å². The van der Waals surface area contributed by atoms with E-state index < -0.39 is 27.7 Å². The lowest BCUT2D eigenvalue weighted by Gasteiger charge is -2.21. The van der Waals surface area contributed by atoms with Crippen LogP contribution >= 0.6 is 11.6 Å². The highest BCUT2D eigenvalue weighted by molar-refractivity contribution is 7.92. The molecule has 3 N–H and O–H groups in total. The predicted molar refractivity (Wildman–Crippen MR) is 68.7 cm³/mol. The number of sulfone groups is 1. The smallest absolute Gasteiger partial charge is 0.157 e. The molecule has 0 amide bonds. The molecule has 6 heteroatoms. The molecule has 0 bridgehead atoms. The van der Waals surface area contributed by atoms with Gasteiger partial charge in [0.15, 0.2) is 9.84 Å². The van der Waals surface area contributed by atoms with Gasteiger partial charge in [-0.1, -0.05) is 30.7 Å². The first kappa shape index (κ1) is 14.4. The Hall–Kier alpha value is -0.620. The van der Waals surface area contributed by atoms with Crippen LogP contribution in [0.1, 0.15) is 18.5 Å². The Balaban J connectivity index is 3.02. The van der Waals surface area contributed by atoms with Crippen LogP contribution in [0.4, 0.5) is 0 Å². The van der Waals surface area contributed by atoms with Crippen LogP contribution in [0, 0.1) is 0 Å². The molecule has 0 spiro atoms. The number of benzene rings is 1. The molecular weight excluding hydrogens is 262 g/mol. The summed E-state index contributed by atoms with van der Waals surface area (Å²) in [7, 11) is -3.38. The van der Waals surface area contributed by atoms with Gasteiger partial charge >= 0.3 is 0 Å². The highest BCUT2D eigenvalue weighted by atomic mass is 35.5. The fraction of sp³-hybridized carbons (Fsp3) is 0.455. The van der Waals surface area contributed by atoms with Crippen molar-refractivity contribution in [3.63, 3.8) is 0 Å². The van der Waals surface area contributed by atoms with Crippen LogP contribution in [0.15, 0.2) is 24.3 Å². The van der Waals surface area contributed by atoms with Crippen molar-refractivity contribution in [2.45, 2.75) is 18.2 Å². The fourth-order valence-corrected chi connectivity index (χ4v) is 2.95. The minimum atomic E-state index is -3.38. The first-order valence-electron chi connectivity index (χ1n) is 5.25. The Labute approximate surface area is 106 Å². The van der Waals surface area contributed by atoms with Gasteiger partial charge in [0, 0.05) is 16.8 Å². The Bertz CT molecular complexity index is 458. The van der Waals surface area contributed by atoms with Crippen molar-refractivity contribution in [2.24, 2.45) is 5.73 Å². The van der Waals surface area contributed by atoms with Crippen LogP contribution in [-0.2, 0) is 9.84 Å². The van der Waals surface area contributed by atoms with Crippen molar-refractivity contribution in [1.82, 2.24) is 0 Å². The summed E-state index contributed by atoms with van der Waals surface area (Å²) in [4.78, 5) is 0. The topological polar surface area (TPSA) is 80.4 Å². The highest BCUT2D eigenvalue weighted by Crippen LogP contribution is 2.22. The van der Waals surface area contributed by atoms with E-state index >= 15 is 0 Å². The lowest BCUT2D eigenvalue weighted by atomic mass is 10.1. The lowest BCUT2D eigenvalue weighted by Crippen LogP contribution is -2.37. The van der Waals surface area contributed by atoms with Crippen molar-refractivity contribution < 1.29 is 13.5 Å². The number of aliphatic hydroxyl groups is 1. The van der Waals surface area contributed by atoms with Crippen LogP contribution in [0.5, 0.6) is 0 Å². The highest BCUT2D eigenvalue weighted by Gasteiger charge is 2.30. The maximum Gasteiger partial charge on any atom is 0.157 e. The minimum Gasteiger partial charge on any atom is -0.395 e. The minimum absolute atomic E-state index is 0.0421. The molecule has 0 aliphatic carbocycles. The number of rotatable bonds is 5. The maximum absolute atomic E-state index is 11.7. The molecule has 17 heavy (non-hydrogen) atoms. The summed E-state index contributed by atoms with van der Waals surface area (Å²) in [5, 5.41) is 8.77. The molecule has 0 fully saturated rings. The number of hydrogen-bond acceptors (Lipinski definition) is 4. The number of aliphatic hydroxyl groups excluding tert-OH is 1. The van der Waals surface area contributed by atoms with E-state index in [1.165, 1.54) is 6.92 Å². The van der Waals surface area contributed by atoms with Gasteiger partial charge < -0.3 is 10.8 Å². The molecule has 0 saturated carbocycles. The maximum atomic E-state index is 11.7. The summed E-state index contributed by atoms with van der Waals surface area (Å²) in [5.74, 6) is -0.0421. The molecule has 2 atom stereocenters. The van der Waals surface area contributed by atoms with Gasteiger partial charge in [-0.05, 0) is 17.7 Å². The van der Waals surface area contributed by atoms with E-state index in [1.807, 2.05) is 0 Å². The Morgan fingerprint density at radius 3 is 2.29 bits per heavy atom. The summed E-state index contributed by atoms with van der Waals surface area (Å²) in [6, 6.07) is 5.87. The second kappa shape index (κ2) is 5.82. The van der Waals surface area contributed by atoms with Gasteiger partial charge in [-0.15, -0.1) is 0 Å². The van der Waals surface area contributed by atoms with Gasteiger partial charge in [-0.2, -0.15) is 0 Å². The molecule has 0 aromatic heterocycles. The van der Waals surface area contributed by atoms with Crippen molar-refractivity contribution in [1.29, 1.82) is 0 Å². The summed E-state index contributed by atoms with van der Waals surface area (Å²) in [5.41, 5.74) is 6.52. The van der Waals surface area contributed by atoms with Gasteiger partial charge in [0.05, 0.1) is 6.61 Å². The zero-order valence-electron chi connectivity index (χ0n) is 9.51. The standard InChI is InChI=1S/C11H16ClNO3S/c1-2-17(15,16)10(7-14)11(13)8-3-5-9(12)6-4-8/h3-6,10-11,14H,2,7,13H2,1H3. The Morgan fingerprint density at radius 1 is 1.35 bits per heavy atom. The van der Waals surface area contributed by atoms with Gasteiger partial charge in [-0.25, -0.2) is 8.42 Å². The van der Waals surface area contributed by atoms with Crippen LogP contribution in [0.25, 0.3) is 0 Å². The quantitative estimate of drug-likeness (QED) is 0.846. The SMILES string of the molecule is CCS(=O)(=O)C(CO)C(N)c1ccc(Cl)cc1. The average molecular weight is 278 g/mol. The van der Waals surface area contributed by atoms with Crippen LogP contribution in [0.2, 0.25) is 5.02 Å². The van der Waals surface area contributed by atoms with Gasteiger partial charge in [0.1, 0.15) is 5.25 Å². The molecule has 0 aliphatic rings. The molecule has 96 valence electrons. The van der Waals surface area contributed by atoms with Crippen molar-refractivity contribution in [3.8, 4) is 0 Å². The third-order valence-corrected chi connectivity index (χ3v) is 5.12. The van der Waals surface area contributed by atoms with Crippen molar-refractivity contribution in [3.05, 3.63) is 34.9 Å². The molecule has 1 aromatic carbocycles. The van der Waals surface area contributed by atoms with Gasteiger partial charge in [-0.3, -0.25) is 0 Å². The van der Waals surface area contributed by atoms with E-state index in [9.17, 15) is 13.5 Å². The normalized spacial score (nSPS) is 15.5. The van der Waals surface area contributed by atoms with E-state index in [2.05, 4.69) is 0 Å². The van der Waals surface area contributed by atoms with Crippen LogP contribution in [-0.4, -0.2) is 31.1 Å². The number of halogens is 1. The summed E-state index contributed by atoms with van der Waals surface area (Å²) < 4.78 is 23.5. The molecule has 1 aromatic rings. The number of nitrogens with two attached hydrogens (primary N) is 1. The molecule has 0 radical (unpaired) electrons.